The van der Waals surface area contributed by atoms with Gasteiger partial charge in [0.25, 0.3) is 0 Å². The first-order valence-corrected chi connectivity index (χ1v) is 17.2. The second-order valence-electron chi connectivity index (χ2n) is 12.3. The standard InChI is InChI=1S/C34H40F4N4O3S/c1-23(25-5-11-29(35)12-6-25)40-33(43)27-7-13-30(14-8-27)41-46(44,45)31-15-9-26(10-16-31)28-4-2-3-24(21-28)17-19-42-20-18-39-32(22-42)34(36,37)38/h2-6,9-12,15-16,21,23,27,30,32,39,41H,7-8,13-14,17-20,22H2,1H3,(H,40,43)/t23-,27-,30-,32?/m1/s1. The quantitative estimate of drug-likeness (QED) is 0.247. The van der Waals surface area contributed by atoms with Gasteiger partial charge in [-0.2, -0.15) is 13.2 Å². The first kappa shape index (κ1) is 34.0. The van der Waals surface area contributed by atoms with Crippen molar-refractivity contribution in [3.63, 3.8) is 0 Å². The third-order valence-electron chi connectivity index (χ3n) is 8.94. The number of hydrogen-bond acceptors (Lipinski definition) is 5. The van der Waals surface area contributed by atoms with Gasteiger partial charge in [-0.25, -0.2) is 17.5 Å². The molecule has 1 aliphatic carbocycles. The van der Waals surface area contributed by atoms with E-state index in [9.17, 15) is 30.8 Å². The van der Waals surface area contributed by atoms with Gasteiger partial charge in [0.1, 0.15) is 11.9 Å². The lowest BCUT2D eigenvalue weighted by atomic mass is 9.85. The zero-order valence-corrected chi connectivity index (χ0v) is 26.5. The number of alkyl halides is 3. The van der Waals surface area contributed by atoms with Crippen LogP contribution in [-0.2, 0) is 21.2 Å². The molecular weight excluding hydrogens is 620 g/mol. The number of amides is 1. The summed E-state index contributed by atoms with van der Waals surface area (Å²) < 4.78 is 81.7. The fourth-order valence-electron chi connectivity index (χ4n) is 6.18. The molecule has 1 heterocycles. The largest absolute Gasteiger partial charge is 0.405 e. The van der Waals surface area contributed by atoms with E-state index in [-0.39, 0.29) is 41.2 Å². The molecule has 2 atom stereocenters. The van der Waals surface area contributed by atoms with Crippen molar-refractivity contribution in [1.82, 2.24) is 20.3 Å². The van der Waals surface area contributed by atoms with Crippen LogP contribution in [0.2, 0.25) is 0 Å². The third kappa shape index (κ3) is 8.93. The highest BCUT2D eigenvalue weighted by atomic mass is 32.2. The topological polar surface area (TPSA) is 90.5 Å². The van der Waals surface area contributed by atoms with Gasteiger partial charge in [0.15, 0.2) is 0 Å². The van der Waals surface area contributed by atoms with Crippen LogP contribution in [0, 0.1) is 11.7 Å². The molecule has 0 bridgehead atoms. The molecule has 46 heavy (non-hydrogen) atoms. The summed E-state index contributed by atoms with van der Waals surface area (Å²) >= 11 is 0. The second-order valence-corrected chi connectivity index (χ2v) is 14.0. The highest BCUT2D eigenvalue weighted by Gasteiger charge is 2.41. The fourth-order valence-corrected chi connectivity index (χ4v) is 7.49. The Morgan fingerprint density at radius 2 is 1.67 bits per heavy atom. The van der Waals surface area contributed by atoms with Gasteiger partial charge in [0.05, 0.1) is 10.9 Å². The Morgan fingerprint density at radius 3 is 2.35 bits per heavy atom. The summed E-state index contributed by atoms with van der Waals surface area (Å²) in [6.45, 7) is 3.15. The predicted octanol–water partition coefficient (Wildman–Crippen LogP) is 5.59. The first-order valence-electron chi connectivity index (χ1n) is 15.7. The molecule has 3 aromatic carbocycles. The second kappa shape index (κ2) is 14.6. The molecule has 2 fully saturated rings. The summed E-state index contributed by atoms with van der Waals surface area (Å²) in [5, 5.41) is 5.52. The minimum absolute atomic E-state index is 0.0674. The molecule has 3 N–H and O–H groups in total. The van der Waals surface area contributed by atoms with Crippen LogP contribution in [-0.4, -0.2) is 63.7 Å². The van der Waals surface area contributed by atoms with Crippen molar-refractivity contribution in [2.75, 3.05) is 26.2 Å². The van der Waals surface area contributed by atoms with E-state index in [1.54, 1.807) is 36.4 Å². The van der Waals surface area contributed by atoms with Crippen molar-refractivity contribution < 1.29 is 30.8 Å². The van der Waals surface area contributed by atoms with E-state index < -0.39 is 22.2 Å². The van der Waals surface area contributed by atoms with Crippen LogP contribution in [0.4, 0.5) is 17.6 Å². The molecule has 3 aromatic rings. The van der Waals surface area contributed by atoms with E-state index in [1.807, 2.05) is 36.1 Å². The zero-order chi connectivity index (χ0) is 32.9. The Bertz CT molecular complexity index is 1580. The number of carbonyl (C=O) groups is 1. The maximum Gasteiger partial charge on any atom is 0.405 e. The first-order chi connectivity index (χ1) is 21.9. The summed E-state index contributed by atoms with van der Waals surface area (Å²) in [4.78, 5) is 14.8. The van der Waals surface area contributed by atoms with Crippen LogP contribution in [0.1, 0.15) is 49.8 Å². The Kier molecular flexibility index (Phi) is 10.8. The van der Waals surface area contributed by atoms with Gasteiger partial charge in [0, 0.05) is 38.1 Å². The van der Waals surface area contributed by atoms with E-state index in [0.717, 1.165) is 22.3 Å². The van der Waals surface area contributed by atoms with Crippen LogP contribution < -0.4 is 15.4 Å². The number of benzene rings is 3. The van der Waals surface area contributed by atoms with E-state index in [1.165, 1.54) is 12.1 Å². The molecule has 5 rings (SSSR count). The van der Waals surface area contributed by atoms with E-state index in [2.05, 4.69) is 15.4 Å². The van der Waals surface area contributed by atoms with Crippen LogP contribution >= 0.6 is 0 Å². The number of piperazine rings is 1. The van der Waals surface area contributed by atoms with Gasteiger partial charge in [-0.3, -0.25) is 9.69 Å². The summed E-state index contributed by atoms with van der Waals surface area (Å²) in [7, 11) is -3.77. The summed E-state index contributed by atoms with van der Waals surface area (Å²) in [6.07, 6.45) is -1.47. The number of sulfonamides is 1. The number of carbonyl (C=O) groups excluding carboxylic acids is 1. The average Bonchev–Trinajstić information content (AvgIpc) is 3.04. The number of nitrogens with zero attached hydrogens (tertiary/aromatic N) is 1. The summed E-state index contributed by atoms with van der Waals surface area (Å²) in [5.41, 5.74) is 3.54. The van der Waals surface area contributed by atoms with Crippen molar-refractivity contribution in [2.45, 2.75) is 68.2 Å². The van der Waals surface area contributed by atoms with Crippen molar-refractivity contribution in [1.29, 1.82) is 0 Å². The highest BCUT2D eigenvalue weighted by Crippen LogP contribution is 2.28. The summed E-state index contributed by atoms with van der Waals surface area (Å²) in [5.74, 6) is -0.636. The molecule has 0 spiro atoms. The SMILES string of the molecule is C[C@@H](NC(=O)[C@H]1CC[C@H](NS(=O)(=O)c2ccc(-c3cccc(CCN4CCNC(C(F)(F)F)C4)c3)cc2)CC1)c1ccc(F)cc1. The Balaban J connectivity index is 1.11. The van der Waals surface area contributed by atoms with E-state index >= 15 is 0 Å². The van der Waals surface area contributed by atoms with Gasteiger partial charge in [-0.05, 0) is 85.5 Å². The molecule has 1 aliphatic heterocycles. The van der Waals surface area contributed by atoms with Gasteiger partial charge in [-0.1, -0.05) is 48.5 Å². The van der Waals surface area contributed by atoms with E-state index in [0.29, 0.717) is 51.7 Å². The maximum atomic E-state index is 13.2. The normalized spacial score (nSPS) is 21.9. The molecule has 248 valence electrons. The predicted molar refractivity (Wildman–Crippen MR) is 169 cm³/mol. The Hall–Kier alpha value is -3.32. The molecule has 0 aromatic heterocycles. The molecule has 1 saturated heterocycles. The molecule has 1 amide bonds. The van der Waals surface area contributed by atoms with Crippen molar-refractivity contribution in [2.24, 2.45) is 5.92 Å². The fraction of sp³-hybridized carbons (Fsp3) is 0.441. The average molecular weight is 661 g/mol. The van der Waals surface area contributed by atoms with Crippen LogP contribution in [0.5, 0.6) is 0 Å². The molecule has 1 unspecified atom stereocenters. The van der Waals surface area contributed by atoms with Gasteiger partial charge in [-0.15, -0.1) is 0 Å². The smallest absolute Gasteiger partial charge is 0.349 e. The monoisotopic (exact) mass is 660 g/mol. The van der Waals surface area contributed by atoms with Gasteiger partial charge < -0.3 is 10.6 Å². The Morgan fingerprint density at radius 1 is 0.978 bits per heavy atom. The van der Waals surface area contributed by atoms with Crippen LogP contribution in [0.3, 0.4) is 0 Å². The van der Waals surface area contributed by atoms with Gasteiger partial charge in [0.2, 0.25) is 15.9 Å². The zero-order valence-electron chi connectivity index (χ0n) is 25.7. The van der Waals surface area contributed by atoms with Crippen LogP contribution in [0.15, 0.2) is 77.7 Å². The molecule has 1 saturated carbocycles. The third-order valence-corrected chi connectivity index (χ3v) is 10.5. The van der Waals surface area contributed by atoms with Crippen LogP contribution in [0.25, 0.3) is 11.1 Å². The minimum atomic E-state index is -4.27. The number of nitrogens with one attached hydrogen (secondary N) is 3. The van der Waals surface area contributed by atoms with Crippen molar-refractivity contribution in [3.8, 4) is 11.1 Å². The van der Waals surface area contributed by atoms with Crippen molar-refractivity contribution in [3.05, 3.63) is 89.7 Å². The lowest BCUT2D eigenvalue weighted by Crippen LogP contribution is -2.57. The minimum Gasteiger partial charge on any atom is -0.349 e. The van der Waals surface area contributed by atoms with E-state index in [4.69, 9.17) is 0 Å². The highest BCUT2D eigenvalue weighted by molar-refractivity contribution is 7.89. The van der Waals surface area contributed by atoms with Crippen molar-refractivity contribution >= 4 is 15.9 Å². The number of rotatable bonds is 10. The number of hydrogen-bond donors (Lipinski definition) is 3. The number of halogens is 4. The lowest BCUT2D eigenvalue weighted by Gasteiger charge is -2.34. The maximum absolute atomic E-state index is 13.2. The Labute approximate surface area is 267 Å². The summed E-state index contributed by atoms with van der Waals surface area (Å²) in [6, 6.07) is 18.3. The van der Waals surface area contributed by atoms with Gasteiger partial charge >= 0.3 is 6.18 Å². The molecule has 2 aliphatic rings. The molecule has 12 heteroatoms. The lowest BCUT2D eigenvalue weighted by molar-refractivity contribution is -0.164. The molecule has 0 radical (unpaired) electrons. The molecular formula is C34H40F4N4O3S. The molecule has 7 nitrogen and oxygen atoms in total.